The molecule has 14 heteroatoms. The van der Waals surface area contributed by atoms with Crippen molar-refractivity contribution in [2.75, 3.05) is 11.9 Å². The summed E-state index contributed by atoms with van der Waals surface area (Å²) >= 11 is 0. The van der Waals surface area contributed by atoms with Gasteiger partial charge in [-0.2, -0.15) is 18.3 Å². The van der Waals surface area contributed by atoms with Crippen LogP contribution in [0.2, 0.25) is 0 Å². The zero-order chi connectivity index (χ0) is 33.1. The number of esters is 1. The van der Waals surface area contributed by atoms with Gasteiger partial charge in [0.25, 0.3) is 5.91 Å². The van der Waals surface area contributed by atoms with Crippen LogP contribution in [-0.4, -0.2) is 58.3 Å². The minimum absolute atomic E-state index is 0.0562. The molecule has 4 rings (SSSR count). The van der Waals surface area contributed by atoms with Crippen molar-refractivity contribution < 1.29 is 41.5 Å². The SMILES string of the molecule is CCOC(=O)CC(NC(=O)[C@@H](C)c1ccc(NC(=O)[C@@H](NC(=O)c2ccnn2C(C)C)C(C2CC2)C2CC2)c(F)c1)C(F)(F)F. The number of halogens is 4. The predicted molar refractivity (Wildman–Crippen MR) is 155 cm³/mol. The largest absolute Gasteiger partial charge is 0.466 e. The maximum absolute atomic E-state index is 15.3. The van der Waals surface area contributed by atoms with Gasteiger partial charge < -0.3 is 20.7 Å². The summed E-state index contributed by atoms with van der Waals surface area (Å²) in [7, 11) is 0. The first-order valence-corrected chi connectivity index (χ1v) is 15.2. The van der Waals surface area contributed by atoms with E-state index in [1.807, 2.05) is 19.2 Å². The molecule has 1 unspecified atom stereocenters. The van der Waals surface area contributed by atoms with Crippen molar-refractivity contribution >= 4 is 29.4 Å². The monoisotopic (exact) mass is 637 g/mol. The number of hydrogen-bond acceptors (Lipinski definition) is 6. The lowest BCUT2D eigenvalue weighted by Crippen LogP contribution is -2.50. The summed E-state index contributed by atoms with van der Waals surface area (Å²) in [4.78, 5) is 51.3. The summed E-state index contributed by atoms with van der Waals surface area (Å²) in [6, 6.07) is 1.57. The number of alkyl halides is 3. The van der Waals surface area contributed by atoms with Crippen molar-refractivity contribution in [2.45, 2.75) is 90.0 Å². The highest BCUT2D eigenvalue weighted by Crippen LogP contribution is 2.51. The van der Waals surface area contributed by atoms with Gasteiger partial charge in [0.2, 0.25) is 11.8 Å². The van der Waals surface area contributed by atoms with E-state index in [1.165, 1.54) is 32.2 Å². The molecule has 246 valence electrons. The zero-order valence-electron chi connectivity index (χ0n) is 25.6. The molecule has 2 saturated carbocycles. The number of amides is 3. The van der Waals surface area contributed by atoms with Gasteiger partial charge in [0.1, 0.15) is 23.6 Å². The Balaban J connectivity index is 1.48. The minimum Gasteiger partial charge on any atom is -0.466 e. The average molecular weight is 638 g/mol. The number of ether oxygens (including phenoxy) is 1. The second kappa shape index (κ2) is 14.0. The van der Waals surface area contributed by atoms with Gasteiger partial charge in [0.15, 0.2) is 0 Å². The summed E-state index contributed by atoms with van der Waals surface area (Å²) in [6.45, 7) is 6.37. The Kier molecular flexibility index (Phi) is 10.5. The van der Waals surface area contributed by atoms with E-state index >= 15 is 4.39 Å². The van der Waals surface area contributed by atoms with E-state index in [4.69, 9.17) is 0 Å². The Morgan fingerprint density at radius 1 is 1.00 bits per heavy atom. The highest BCUT2D eigenvalue weighted by atomic mass is 19.4. The quantitative estimate of drug-likeness (QED) is 0.200. The molecule has 0 spiro atoms. The molecule has 0 aliphatic heterocycles. The van der Waals surface area contributed by atoms with Crippen LogP contribution in [0.4, 0.5) is 23.2 Å². The van der Waals surface area contributed by atoms with Gasteiger partial charge in [-0.05, 0) is 94.9 Å². The maximum Gasteiger partial charge on any atom is 0.409 e. The van der Waals surface area contributed by atoms with Crippen LogP contribution in [0, 0.1) is 23.6 Å². The molecule has 0 radical (unpaired) electrons. The van der Waals surface area contributed by atoms with Gasteiger partial charge >= 0.3 is 12.1 Å². The summed E-state index contributed by atoms with van der Waals surface area (Å²) in [6.07, 6.45) is -0.780. The number of benzene rings is 1. The van der Waals surface area contributed by atoms with Gasteiger partial charge in [0, 0.05) is 12.2 Å². The van der Waals surface area contributed by atoms with Crippen LogP contribution in [0.3, 0.4) is 0 Å². The van der Waals surface area contributed by atoms with Crippen molar-refractivity contribution in [1.82, 2.24) is 20.4 Å². The Bertz CT molecular complexity index is 1390. The van der Waals surface area contributed by atoms with Crippen LogP contribution in [0.5, 0.6) is 0 Å². The number of anilines is 1. The Labute approximate surface area is 258 Å². The number of carbonyl (C=O) groups is 4. The number of aromatic nitrogens is 2. The second-order valence-corrected chi connectivity index (χ2v) is 12.0. The molecule has 2 aromatic rings. The third kappa shape index (κ3) is 8.60. The number of rotatable bonds is 14. The first kappa shape index (κ1) is 33.9. The molecular formula is C31H39F4N5O5. The molecule has 3 amide bonds. The average Bonchev–Trinajstić information content (AvgIpc) is 3.91. The predicted octanol–water partition coefficient (Wildman–Crippen LogP) is 4.88. The number of nitrogens with zero attached hydrogens (tertiary/aromatic N) is 2. The summed E-state index contributed by atoms with van der Waals surface area (Å²) in [5.41, 5.74) is 0.148. The van der Waals surface area contributed by atoms with Crippen LogP contribution >= 0.6 is 0 Å². The van der Waals surface area contributed by atoms with Gasteiger partial charge in [0.05, 0.1) is 24.6 Å². The summed E-state index contributed by atoms with van der Waals surface area (Å²) in [5.74, 6) is -4.97. The first-order chi connectivity index (χ1) is 21.2. The van der Waals surface area contributed by atoms with Crippen molar-refractivity contribution in [3.05, 3.63) is 47.5 Å². The minimum atomic E-state index is -4.92. The van der Waals surface area contributed by atoms with E-state index in [1.54, 1.807) is 10.7 Å². The lowest BCUT2D eigenvalue weighted by Gasteiger charge is -2.28. The van der Waals surface area contributed by atoms with Crippen LogP contribution in [0.15, 0.2) is 30.5 Å². The molecule has 45 heavy (non-hydrogen) atoms. The van der Waals surface area contributed by atoms with Crippen molar-refractivity contribution in [2.24, 2.45) is 17.8 Å². The van der Waals surface area contributed by atoms with Crippen molar-refractivity contribution in [3.63, 3.8) is 0 Å². The third-order valence-corrected chi connectivity index (χ3v) is 8.21. The molecule has 0 saturated heterocycles. The van der Waals surface area contributed by atoms with E-state index < -0.39 is 60.1 Å². The van der Waals surface area contributed by atoms with E-state index in [0.717, 1.165) is 31.7 Å². The highest BCUT2D eigenvalue weighted by molar-refractivity contribution is 6.01. The summed E-state index contributed by atoms with van der Waals surface area (Å²) < 4.78 is 61.8. The molecular weight excluding hydrogens is 598 g/mol. The fourth-order valence-electron chi connectivity index (χ4n) is 5.54. The van der Waals surface area contributed by atoms with Gasteiger partial charge in [-0.1, -0.05) is 6.07 Å². The van der Waals surface area contributed by atoms with Crippen LogP contribution in [0.25, 0.3) is 0 Å². The molecule has 3 N–H and O–H groups in total. The lowest BCUT2D eigenvalue weighted by molar-refractivity contribution is -0.172. The fourth-order valence-corrected chi connectivity index (χ4v) is 5.54. The Morgan fingerprint density at radius 2 is 1.64 bits per heavy atom. The molecule has 1 heterocycles. The molecule has 2 fully saturated rings. The van der Waals surface area contributed by atoms with E-state index in [-0.39, 0.29) is 41.7 Å². The van der Waals surface area contributed by atoms with Crippen LogP contribution in [-0.2, 0) is 19.1 Å². The Hall–Kier alpha value is -3.97. The molecule has 10 nitrogen and oxygen atoms in total. The Morgan fingerprint density at radius 3 is 2.18 bits per heavy atom. The van der Waals surface area contributed by atoms with Crippen molar-refractivity contribution in [1.29, 1.82) is 0 Å². The normalized spacial score (nSPS) is 17.0. The lowest BCUT2D eigenvalue weighted by atomic mass is 9.88. The molecule has 0 bridgehead atoms. The highest BCUT2D eigenvalue weighted by Gasteiger charge is 2.48. The number of carbonyl (C=O) groups excluding carboxylic acids is 4. The van der Waals surface area contributed by atoms with Crippen LogP contribution in [0.1, 0.15) is 87.8 Å². The van der Waals surface area contributed by atoms with E-state index in [9.17, 15) is 32.3 Å². The van der Waals surface area contributed by atoms with Gasteiger partial charge in [-0.25, -0.2) is 4.39 Å². The molecule has 2 aliphatic rings. The fraction of sp³-hybridized carbons (Fsp3) is 0.581. The number of hydrogen-bond donors (Lipinski definition) is 3. The molecule has 1 aromatic heterocycles. The molecule has 2 aliphatic carbocycles. The zero-order valence-corrected chi connectivity index (χ0v) is 25.6. The van der Waals surface area contributed by atoms with Crippen LogP contribution < -0.4 is 16.0 Å². The molecule has 3 atom stereocenters. The van der Waals surface area contributed by atoms with Gasteiger partial charge in [-0.15, -0.1) is 0 Å². The van der Waals surface area contributed by atoms with Gasteiger partial charge in [-0.3, -0.25) is 23.9 Å². The standard InChI is InChI=1S/C31H39F4N5O5/c1-5-45-25(41)15-24(31(33,34)35)38-28(42)17(4)20-10-11-22(21(32)14-20)37-30(44)27(26(18-6-7-18)19-8-9-19)39-29(43)23-12-13-36-40(23)16(2)3/h10-14,16-19,24,26-27H,5-9,15H2,1-4H3,(H,37,44)(H,38,42)(H,39,43)/t17-,24?,27-/m0/s1. The van der Waals surface area contributed by atoms with Crippen molar-refractivity contribution in [3.8, 4) is 0 Å². The maximum atomic E-state index is 15.3. The van der Waals surface area contributed by atoms with E-state index in [0.29, 0.717) is 5.69 Å². The smallest absolute Gasteiger partial charge is 0.409 e. The number of nitrogens with one attached hydrogen (secondary N) is 3. The molecule has 1 aromatic carbocycles. The second-order valence-electron chi connectivity index (χ2n) is 12.0. The third-order valence-electron chi connectivity index (χ3n) is 8.21. The van der Waals surface area contributed by atoms with E-state index in [2.05, 4.69) is 20.5 Å². The first-order valence-electron chi connectivity index (χ1n) is 15.2. The summed E-state index contributed by atoms with van der Waals surface area (Å²) in [5, 5.41) is 11.5. The topological polar surface area (TPSA) is 131 Å².